The van der Waals surface area contributed by atoms with Crippen LogP contribution in [0.3, 0.4) is 0 Å². The van der Waals surface area contributed by atoms with Gasteiger partial charge in [0, 0.05) is 24.7 Å². The zero-order chi connectivity index (χ0) is 19.6. The van der Waals surface area contributed by atoms with E-state index in [2.05, 4.69) is 58.8 Å². The molecule has 1 spiro atoms. The monoisotopic (exact) mass is 397 g/mol. The molecule has 2 aliphatic heterocycles. The van der Waals surface area contributed by atoms with E-state index in [1.165, 1.54) is 0 Å². The summed E-state index contributed by atoms with van der Waals surface area (Å²) in [4.78, 5) is 9.76. The van der Waals surface area contributed by atoms with E-state index in [1.54, 1.807) is 0 Å². The number of hydrogen-bond acceptors (Lipinski definition) is 5. The second-order valence-electron chi connectivity index (χ2n) is 8.01. The standard InChI is InChI=1S/C22H28ClN5/c1-27(2)16-28-12-10-22(11-13-28)21(24-15-17-6-5-7-18(23)14-17)25-19-8-3-4-9-20(19)26-22/h3-9,14,26H,10-13,15-16H2,1-2H3,(H,24,25). The number of piperidine rings is 1. The molecule has 0 aliphatic carbocycles. The molecular weight excluding hydrogens is 370 g/mol. The summed E-state index contributed by atoms with van der Waals surface area (Å²) in [6, 6.07) is 16.3. The molecule has 6 heteroatoms. The zero-order valence-electron chi connectivity index (χ0n) is 16.6. The van der Waals surface area contributed by atoms with Gasteiger partial charge in [-0.1, -0.05) is 35.9 Å². The van der Waals surface area contributed by atoms with Crippen LogP contribution in [0.25, 0.3) is 0 Å². The van der Waals surface area contributed by atoms with Crippen LogP contribution in [0.4, 0.5) is 11.4 Å². The predicted molar refractivity (Wildman–Crippen MR) is 118 cm³/mol. The van der Waals surface area contributed by atoms with Crippen LogP contribution in [0, 0.1) is 0 Å². The van der Waals surface area contributed by atoms with Crippen LogP contribution in [0.1, 0.15) is 18.4 Å². The third-order valence-corrected chi connectivity index (χ3v) is 5.74. The highest BCUT2D eigenvalue weighted by molar-refractivity contribution is 6.30. The van der Waals surface area contributed by atoms with Gasteiger partial charge in [-0.2, -0.15) is 0 Å². The van der Waals surface area contributed by atoms with Gasteiger partial charge in [-0.05, 0) is 56.8 Å². The van der Waals surface area contributed by atoms with E-state index in [0.29, 0.717) is 6.54 Å². The maximum atomic E-state index is 6.15. The number of halogens is 1. The molecule has 0 aromatic heterocycles. The number of hydrogen-bond donors (Lipinski definition) is 2. The molecule has 0 radical (unpaired) electrons. The predicted octanol–water partition coefficient (Wildman–Crippen LogP) is 3.94. The van der Waals surface area contributed by atoms with Gasteiger partial charge in [-0.3, -0.25) is 9.80 Å². The van der Waals surface area contributed by atoms with Gasteiger partial charge >= 0.3 is 0 Å². The van der Waals surface area contributed by atoms with Crippen LogP contribution < -0.4 is 10.6 Å². The highest BCUT2D eigenvalue weighted by Gasteiger charge is 2.41. The average Bonchev–Trinajstić information content (AvgIpc) is 2.68. The molecule has 2 heterocycles. The van der Waals surface area contributed by atoms with Gasteiger partial charge in [0.2, 0.25) is 0 Å². The number of nitrogens with zero attached hydrogens (tertiary/aromatic N) is 3. The molecular formula is C22H28ClN5. The number of amidine groups is 1. The van der Waals surface area contributed by atoms with Gasteiger partial charge in [-0.15, -0.1) is 0 Å². The third kappa shape index (κ3) is 4.17. The fourth-order valence-corrected chi connectivity index (χ4v) is 4.31. The molecule has 0 atom stereocenters. The summed E-state index contributed by atoms with van der Waals surface area (Å²) in [5, 5.41) is 8.21. The Morgan fingerprint density at radius 2 is 1.93 bits per heavy atom. The third-order valence-electron chi connectivity index (χ3n) is 5.50. The van der Waals surface area contributed by atoms with Crippen molar-refractivity contribution < 1.29 is 0 Å². The fraction of sp³-hybridized carbons (Fsp3) is 0.409. The first-order valence-corrected chi connectivity index (χ1v) is 10.2. The molecule has 0 amide bonds. The molecule has 5 nitrogen and oxygen atoms in total. The Morgan fingerprint density at radius 3 is 2.68 bits per heavy atom. The van der Waals surface area contributed by atoms with Crippen molar-refractivity contribution in [2.75, 3.05) is 39.2 Å². The summed E-state index contributed by atoms with van der Waals surface area (Å²) >= 11 is 6.15. The summed E-state index contributed by atoms with van der Waals surface area (Å²) < 4.78 is 0. The zero-order valence-corrected chi connectivity index (χ0v) is 17.3. The normalized spacial score (nSPS) is 18.5. The highest BCUT2D eigenvalue weighted by atomic mass is 35.5. The lowest BCUT2D eigenvalue weighted by Crippen LogP contribution is -2.59. The van der Waals surface area contributed by atoms with Crippen molar-refractivity contribution in [3.63, 3.8) is 0 Å². The molecule has 4 rings (SSSR count). The topological polar surface area (TPSA) is 42.9 Å². The minimum atomic E-state index is -0.143. The first kappa shape index (κ1) is 19.2. The Labute approximate surface area is 172 Å². The second-order valence-corrected chi connectivity index (χ2v) is 8.44. The van der Waals surface area contributed by atoms with Crippen LogP contribution in [-0.2, 0) is 6.54 Å². The lowest BCUT2D eigenvalue weighted by Gasteiger charge is -2.46. The fourth-order valence-electron chi connectivity index (χ4n) is 4.10. The number of fused-ring (bicyclic) bond motifs is 1. The van der Waals surface area contributed by atoms with E-state index in [4.69, 9.17) is 16.6 Å². The maximum absolute atomic E-state index is 6.15. The van der Waals surface area contributed by atoms with Gasteiger partial charge in [0.1, 0.15) is 5.84 Å². The first-order valence-electron chi connectivity index (χ1n) is 9.86. The molecule has 0 unspecified atom stereocenters. The van der Waals surface area contributed by atoms with E-state index in [1.807, 2.05) is 24.3 Å². The van der Waals surface area contributed by atoms with Crippen LogP contribution in [0.2, 0.25) is 5.02 Å². The van der Waals surface area contributed by atoms with Gasteiger partial charge in [-0.25, -0.2) is 4.99 Å². The number of aliphatic imine (C=N–C) groups is 1. The van der Waals surface area contributed by atoms with Crippen molar-refractivity contribution in [2.24, 2.45) is 4.99 Å². The number of benzene rings is 2. The van der Waals surface area contributed by atoms with Crippen molar-refractivity contribution in [2.45, 2.75) is 24.9 Å². The van der Waals surface area contributed by atoms with E-state index >= 15 is 0 Å². The molecule has 2 aliphatic rings. The SMILES string of the molecule is CN(C)CN1CCC2(CC1)Nc1ccccc1N=C2NCc1cccc(Cl)c1. The van der Waals surface area contributed by atoms with Crippen molar-refractivity contribution in [3.8, 4) is 0 Å². The van der Waals surface area contributed by atoms with E-state index in [0.717, 1.165) is 60.4 Å². The first-order chi connectivity index (χ1) is 13.5. The highest BCUT2D eigenvalue weighted by Crippen LogP contribution is 2.38. The van der Waals surface area contributed by atoms with Crippen LogP contribution in [0.15, 0.2) is 53.5 Å². The molecule has 28 heavy (non-hydrogen) atoms. The van der Waals surface area contributed by atoms with E-state index < -0.39 is 0 Å². The lowest BCUT2D eigenvalue weighted by molar-refractivity contribution is 0.134. The minimum absolute atomic E-state index is 0.143. The summed E-state index contributed by atoms with van der Waals surface area (Å²) in [6.45, 7) is 3.80. The van der Waals surface area contributed by atoms with Crippen molar-refractivity contribution in [1.29, 1.82) is 0 Å². The molecule has 2 N–H and O–H groups in total. The molecule has 1 saturated heterocycles. The van der Waals surface area contributed by atoms with Crippen LogP contribution >= 0.6 is 11.6 Å². The molecule has 0 saturated carbocycles. The van der Waals surface area contributed by atoms with E-state index in [9.17, 15) is 0 Å². The van der Waals surface area contributed by atoms with Gasteiger partial charge in [0.05, 0.1) is 23.6 Å². The van der Waals surface area contributed by atoms with Crippen molar-refractivity contribution >= 4 is 28.8 Å². The molecule has 1 fully saturated rings. The van der Waals surface area contributed by atoms with Crippen molar-refractivity contribution in [3.05, 3.63) is 59.1 Å². The minimum Gasteiger partial charge on any atom is -0.371 e. The smallest absolute Gasteiger partial charge is 0.128 e. The number of para-hydroxylation sites is 2. The Kier molecular flexibility index (Phi) is 5.58. The van der Waals surface area contributed by atoms with Gasteiger partial charge in [0.15, 0.2) is 0 Å². The second kappa shape index (κ2) is 8.11. The molecule has 148 valence electrons. The Bertz CT molecular complexity index is 856. The Balaban J connectivity index is 1.56. The number of likely N-dealkylation sites (tertiary alicyclic amines) is 1. The van der Waals surface area contributed by atoms with Crippen molar-refractivity contribution in [1.82, 2.24) is 15.1 Å². The van der Waals surface area contributed by atoms with E-state index in [-0.39, 0.29) is 5.54 Å². The Morgan fingerprint density at radius 1 is 1.14 bits per heavy atom. The van der Waals surface area contributed by atoms with Crippen LogP contribution in [0.5, 0.6) is 0 Å². The maximum Gasteiger partial charge on any atom is 0.128 e. The van der Waals surface area contributed by atoms with Crippen LogP contribution in [-0.4, -0.2) is 55.0 Å². The Hall–Kier alpha value is -2.08. The average molecular weight is 398 g/mol. The van der Waals surface area contributed by atoms with Gasteiger partial charge in [0.25, 0.3) is 0 Å². The van der Waals surface area contributed by atoms with Gasteiger partial charge < -0.3 is 10.6 Å². The summed E-state index contributed by atoms with van der Waals surface area (Å²) in [7, 11) is 4.25. The largest absolute Gasteiger partial charge is 0.371 e. The number of anilines is 1. The molecule has 2 aromatic carbocycles. The summed E-state index contributed by atoms with van der Waals surface area (Å²) in [5.41, 5.74) is 3.14. The molecule has 0 bridgehead atoms. The lowest BCUT2D eigenvalue weighted by atomic mass is 9.84. The summed E-state index contributed by atoms with van der Waals surface area (Å²) in [6.07, 6.45) is 2.05. The summed E-state index contributed by atoms with van der Waals surface area (Å²) in [5.74, 6) is 1.04. The quantitative estimate of drug-likeness (QED) is 0.820. The number of rotatable bonds is 4. The number of nitrogens with one attached hydrogen (secondary N) is 2. The molecule has 2 aromatic rings.